The van der Waals surface area contributed by atoms with Gasteiger partial charge in [0, 0.05) is 0 Å². The fraction of sp³-hybridized carbons (Fsp3) is 0.333. The number of hydrogen-bond donors (Lipinski definition) is 0. The van der Waals surface area contributed by atoms with E-state index in [1.54, 1.807) is 7.11 Å². The lowest BCUT2D eigenvalue weighted by Crippen LogP contribution is -2.06. The first kappa shape index (κ1) is 14.9. The van der Waals surface area contributed by atoms with Crippen LogP contribution in [0.1, 0.15) is 43.2 Å². The predicted octanol–water partition coefficient (Wildman–Crippen LogP) is 5.68. The molecule has 2 aromatic carbocycles. The molecule has 0 amide bonds. The Hall–Kier alpha value is -2.02. The molecule has 2 aromatic rings. The minimum absolute atomic E-state index is 0.598. The third-order valence-corrected chi connectivity index (χ3v) is 4.68. The first-order valence-corrected chi connectivity index (χ1v) is 8.22. The molecule has 0 aromatic heterocycles. The van der Waals surface area contributed by atoms with Crippen LogP contribution in [0.25, 0.3) is 5.57 Å². The van der Waals surface area contributed by atoms with Crippen LogP contribution >= 0.6 is 0 Å². The van der Waals surface area contributed by atoms with Gasteiger partial charge in [0.1, 0.15) is 5.75 Å². The van der Waals surface area contributed by atoms with Crippen molar-refractivity contribution in [1.82, 2.24) is 0 Å². The fourth-order valence-corrected chi connectivity index (χ4v) is 3.53. The summed E-state index contributed by atoms with van der Waals surface area (Å²) < 4.78 is 5.28. The highest BCUT2D eigenvalue weighted by Crippen LogP contribution is 2.44. The Labute approximate surface area is 133 Å². The standard InChI is InChI=1S/C21H24O/c1-3-7-18-14-19(16-8-5-4-6-9-16)15-21(18)17-10-12-20(22-2)13-11-17/h4-6,8-14,18,21H,3,7,15H2,1-2H3/t18-,21+/m1/s1. The van der Waals surface area contributed by atoms with Gasteiger partial charge < -0.3 is 4.74 Å². The zero-order valence-electron chi connectivity index (χ0n) is 13.5. The quantitative estimate of drug-likeness (QED) is 0.688. The van der Waals surface area contributed by atoms with Crippen molar-refractivity contribution in [1.29, 1.82) is 0 Å². The maximum absolute atomic E-state index is 5.28. The van der Waals surface area contributed by atoms with Gasteiger partial charge in [-0.05, 0) is 53.5 Å². The van der Waals surface area contributed by atoms with Crippen molar-refractivity contribution in [3.8, 4) is 5.75 Å². The van der Waals surface area contributed by atoms with Gasteiger partial charge in [-0.2, -0.15) is 0 Å². The monoisotopic (exact) mass is 292 g/mol. The molecular weight excluding hydrogens is 268 g/mol. The summed E-state index contributed by atoms with van der Waals surface area (Å²) in [6.45, 7) is 2.28. The van der Waals surface area contributed by atoms with Crippen LogP contribution in [-0.4, -0.2) is 7.11 Å². The highest BCUT2D eigenvalue weighted by atomic mass is 16.5. The number of hydrogen-bond acceptors (Lipinski definition) is 1. The van der Waals surface area contributed by atoms with Crippen LogP contribution in [0.4, 0.5) is 0 Å². The van der Waals surface area contributed by atoms with E-state index in [4.69, 9.17) is 4.74 Å². The van der Waals surface area contributed by atoms with E-state index in [1.807, 2.05) is 0 Å². The van der Waals surface area contributed by atoms with Gasteiger partial charge in [0.05, 0.1) is 7.11 Å². The average Bonchev–Trinajstić information content (AvgIpc) is 3.00. The van der Waals surface area contributed by atoms with Gasteiger partial charge in [0.15, 0.2) is 0 Å². The topological polar surface area (TPSA) is 9.23 Å². The van der Waals surface area contributed by atoms with E-state index in [9.17, 15) is 0 Å². The summed E-state index contributed by atoms with van der Waals surface area (Å²) in [4.78, 5) is 0. The molecule has 1 nitrogen and oxygen atoms in total. The molecule has 2 atom stereocenters. The second-order valence-corrected chi connectivity index (χ2v) is 6.09. The minimum Gasteiger partial charge on any atom is -0.497 e. The maximum atomic E-state index is 5.28. The summed E-state index contributed by atoms with van der Waals surface area (Å²) in [7, 11) is 1.72. The van der Waals surface area contributed by atoms with Crippen molar-refractivity contribution in [2.45, 2.75) is 32.1 Å². The van der Waals surface area contributed by atoms with Gasteiger partial charge in [-0.1, -0.05) is 61.9 Å². The van der Waals surface area contributed by atoms with Crippen LogP contribution in [-0.2, 0) is 0 Å². The Morgan fingerprint density at radius 3 is 2.36 bits per heavy atom. The molecule has 0 saturated heterocycles. The van der Waals surface area contributed by atoms with E-state index < -0.39 is 0 Å². The summed E-state index contributed by atoms with van der Waals surface area (Å²) in [5, 5.41) is 0. The van der Waals surface area contributed by atoms with Crippen molar-refractivity contribution >= 4 is 5.57 Å². The van der Waals surface area contributed by atoms with Crippen molar-refractivity contribution < 1.29 is 4.74 Å². The van der Waals surface area contributed by atoms with Crippen LogP contribution in [0, 0.1) is 5.92 Å². The first-order chi connectivity index (χ1) is 10.8. The molecular formula is C21H24O. The zero-order valence-corrected chi connectivity index (χ0v) is 13.5. The van der Waals surface area contributed by atoms with Gasteiger partial charge in [0.25, 0.3) is 0 Å². The SMILES string of the molecule is CCC[C@@H]1C=C(c2ccccc2)C[C@H]1c1ccc(OC)cc1. The van der Waals surface area contributed by atoms with Crippen LogP contribution in [0.15, 0.2) is 60.7 Å². The highest BCUT2D eigenvalue weighted by molar-refractivity contribution is 5.69. The van der Waals surface area contributed by atoms with Gasteiger partial charge in [-0.25, -0.2) is 0 Å². The normalized spacial score (nSPS) is 20.7. The van der Waals surface area contributed by atoms with E-state index in [0.29, 0.717) is 11.8 Å². The van der Waals surface area contributed by atoms with E-state index in [0.717, 1.165) is 12.2 Å². The molecule has 0 aliphatic heterocycles. The predicted molar refractivity (Wildman–Crippen MR) is 93.2 cm³/mol. The summed E-state index contributed by atoms with van der Waals surface area (Å²) in [6.07, 6.45) is 6.14. The van der Waals surface area contributed by atoms with Crippen molar-refractivity contribution in [3.63, 3.8) is 0 Å². The Bertz CT molecular complexity index is 625. The van der Waals surface area contributed by atoms with Crippen LogP contribution in [0.2, 0.25) is 0 Å². The lowest BCUT2D eigenvalue weighted by atomic mass is 9.85. The fourth-order valence-electron chi connectivity index (χ4n) is 3.53. The molecule has 1 heteroatoms. The smallest absolute Gasteiger partial charge is 0.118 e. The lowest BCUT2D eigenvalue weighted by molar-refractivity contribution is 0.414. The molecule has 1 aliphatic rings. The number of benzene rings is 2. The minimum atomic E-state index is 0.598. The van der Waals surface area contributed by atoms with Gasteiger partial charge in [-0.15, -0.1) is 0 Å². The number of rotatable bonds is 5. The average molecular weight is 292 g/mol. The molecule has 114 valence electrons. The van der Waals surface area contributed by atoms with Crippen LogP contribution < -0.4 is 4.74 Å². The molecule has 0 saturated carbocycles. The summed E-state index contributed by atoms with van der Waals surface area (Å²) >= 11 is 0. The largest absolute Gasteiger partial charge is 0.497 e. The van der Waals surface area contributed by atoms with Gasteiger partial charge >= 0.3 is 0 Å². The summed E-state index contributed by atoms with van der Waals surface area (Å²) in [5.74, 6) is 2.18. The van der Waals surface area contributed by atoms with E-state index in [-0.39, 0.29) is 0 Å². The molecule has 0 fully saturated rings. The molecule has 0 N–H and O–H groups in total. The van der Waals surface area contributed by atoms with Crippen molar-refractivity contribution in [2.75, 3.05) is 7.11 Å². The molecule has 3 rings (SSSR count). The molecule has 0 unspecified atom stereocenters. The number of methoxy groups -OCH3 is 1. The van der Waals surface area contributed by atoms with E-state index in [2.05, 4.69) is 67.6 Å². The van der Waals surface area contributed by atoms with Gasteiger partial charge in [-0.3, -0.25) is 0 Å². The van der Waals surface area contributed by atoms with E-state index >= 15 is 0 Å². The Morgan fingerprint density at radius 2 is 1.73 bits per heavy atom. The molecule has 0 spiro atoms. The molecule has 1 aliphatic carbocycles. The van der Waals surface area contributed by atoms with Crippen LogP contribution in [0.3, 0.4) is 0 Å². The van der Waals surface area contributed by atoms with Crippen molar-refractivity contribution in [3.05, 3.63) is 71.8 Å². The molecule has 22 heavy (non-hydrogen) atoms. The number of allylic oxidation sites excluding steroid dienone is 2. The van der Waals surface area contributed by atoms with Crippen molar-refractivity contribution in [2.24, 2.45) is 5.92 Å². The Morgan fingerprint density at radius 1 is 1.00 bits per heavy atom. The highest BCUT2D eigenvalue weighted by Gasteiger charge is 2.28. The second-order valence-electron chi connectivity index (χ2n) is 6.09. The molecule has 0 radical (unpaired) electrons. The first-order valence-electron chi connectivity index (χ1n) is 8.22. The molecule has 0 bridgehead atoms. The maximum Gasteiger partial charge on any atom is 0.118 e. The Kier molecular flexibility index (Phi) is 4.62. The number of ether oxygens (including phenoxy) is 1. The Balaban J connectivity index is 1.85. The third kappa shape index (κ3) is 3.09. The third-order valence-electron chi connectivity index (χ3n) is 4.68. The molecule has 0 heterocycles. The lowest BCUT2D eigenvalue weighted by Gasteiger charge is -2.19. The summed E-state index contributed by atoms with van der Waals surface area (Å²) in [6, 6.07) is 19.4. The summed E-state index contributed by atoms with van der Waals surface area (Å²) in [5.41, 5.74) is 4.31. The van der Waals surface area contributed by atoms with Gasteiger partial charge in [0.2, 0.25) is 0 Å². The van der Waals surface area contributed by atoms with E-state index in [1.165, 1.54) is 29.5 Å². The zero-order chi connectivity index (χ0) is 15.4. The second kappa shape index (κ2) is 6.83. The van der Waals surface area contributed by atoms with Crippen LogP contribution in [0.5, 0.6) is 5.75 Å².